The highest BCUT2D eigenvalue weighted by Gasteiger charge is 2.19. The summed E-state index contributed by atoms with van der Waals surface area (Å²) in [5.74, 6) is -0.869. The van der Waals surface area contributed by atoms with Crippen LogP contribution in [0.1, 0.15) is 310 Å². The van der Waals surface area contributed by atoms with E-state index in [2.05, 4.69) is 32.9 Å². The second-order valence-electron chi connectivity index (χ2n) is 18.9. The Morgan fingerprint density at radius 3 is 0.806 bits per heavy atom. The Balaban J connectivity index is 3.79. The summed E-state index contributed by atoms with van der Waals surface area (Å²) < 4.78 is 16.6. The van der Waals surface area contributed by atoms with Crippen LogP contribution in [0, 0.1) is 0 Å². The molecule has 6 heteroatoms. The average molecular weight is 875 g/mol. The van der Waals surface area contributed by atoms with Gasteiger partial charge in [-0.1, -0.05) is 258 Å². The van der Waals surface area contributed by atoms with Gasteiger partial charge in [-0.2, -0.15) is 0 Å². The van der Waals surface area contributed by atoms with Crippen LogP contribution >= 0.6 is 0 Å². The molecule has 0 aliphatic rings. The maximum atomic E-state index is 12.6. The van der Waals surface area contributed by atoms with E-state index in [1.807, 2.05) is 0 Å². The second kappa shape index (κ2) is 51.8. The fourth-order valence-electron chi connectivity index (χ4n) is 8.32. The molecule has 366 valence electrons. The molecular weight excluding hydrogens is 769 g/mol. The van der Waals surface area contributed by atoms with Crippen molar-refractivity contribution in [1.29, 1.82) is 0 Å². The van der Waals surface area contributed by atoms with E-state index in [0.717, 1.165) is 57.8 Å². The fourth-order valence-corrected chi connectivity index (χ4v) is 8.32. The van der Waals surface area contributed by atoms with Gasteiger partial charge in [-0.05, 0) is 44.9 Å². The monoisotopic (exact) mass is 875 g/mol. The zero-order valence-electron chi connectivity index (χ0n) is 41.9. The summed E-state index contributed by atoms with van der Waals surface area (Å²) in [6.07, 6.45) is 58.5. The molecule has 0 saturated heterocycles. The molecule has 1 atom stereocenters. The van der Waals surface area contributed by atoms with E-state index < -0.39 is 6.10 Å². The van der Waals surface area contributed by atoms with Crippen LogP contribution in [0.15, 0.2) is 12.2 Å². The molecule has 0 aromatic carbocycles. The molecule has 0 aromatic rings. The largest absolute Gasteiger partial charge is 0.462 e. The van der Waals surface area contributed by atoms with Crippen LogP contribution in [0.25, 0.3) is 0 Å². The number of hydrogen-bond acceptors (Lipinski definition) is 6. The smallest absolute Gasteiger partial charge is 0.306 e. The molecule has 6 nitrogen and oxygen atoms in total. The molecule has 1 unspecified atom stereocenters. The molecule has 0 bridgehead atoms. The minimum Gasteiger partial charge on any atom is -0.462 e. The van der Waals surface area contributed by atoms with Crippen molar-refractivity contribution in [1.82, 2.24) is 0 Å². The Hall–Kier alpha value is -1.85. The van der Waals surface area contributed by atoms with Crippen molar-refractivity contribution in [3.63, 3.8) is 0 Å². The van der Waals surface area contributed by atoms with Gasteiger partial charge < -0.3 is 14.2 Å². The SMILES string of the molecule is CCCCCCCCCC/C=C\CCCCCCCCCCCCCCCCCCCCCC(=O)OCC(COC(=O)CCCCCCCC)OC(=O)CCCCCCCCC. The van der Waals surface area contributed by atoms with Crippen molar-refractivity contribution in [3.05, 3.63) is 12.2 Å². The van der Waals surface area contributed by atoms with Gasteiger partial charge in [-0.25, -0.2) is 0 Å². The van der Waals surface area contributed by atoms with Crippen LogP contribution in [0.2, 0.25) is 0 Å². The van der Waals surface area contributed by atoms with E-state index >= 15 is 0 Å². The number of hydrogen-bond donors (Lipinski definition) is 0. The number of carbonyl (C=O) groups is 3. The van der Waals surface area contributed by atoms with Gasteiger partial charge >= 0.3 is 17.9 Å². The number of rotatable bonds is 51. The number of esters is 3. The molecule has 0 saturated carbocycles. The molecule has 0 rings (SSSR count). The first-order chi connectivity index (χ1) is 30.5. The van der Waals surface area contributed by atoms with Crippen LogP contribution in [-0.2, 0) is 28.6 Å². The topological polar surface area (TPSA) is 78.9 Å². The predicted molar refractivity (Wildman–Crippen MR) is 266 cm³/mol. The summed E-state index contributed by atoms with van der Waals surface area (Å²) >= 11 is 0. The Kier molecular flexibility index (Phi) is 50.2. The lowest BCUT2D eigenvalue weighted by molar-refractivity contribution is -0.167. The van der Waals surface area contributed by atoms with Crippen molar-refractivity contribution in [2.45, 2.75) is 316 Å². The number of unbranched alkanes of at least 4 members (excludes halogenated alkanes) is 38. The van der Waals surface area contributed by atoms with Crippen molar-refractivity contribution < 1.29 is 28.6 Å². The number of allylic oxidation sites excluding steroid dienone is 2. The Morgan fingerprint density at radius 2 is 0.532 bits per heavy atom. The summed E-state index contributed by atoms with van der Waals surface area (Å²) in [5.41, 5.74) is 0. The quantitative estimate of drug-likeness (QED) is 0.0262. The zero-order valence-corrected chi connectivity index (χ0v) is 41.9. The molecule has 0 heterocycles. The Labute approximate surface area is 386 Å². The average Bonchev–Trinajstić information content (AvgIpc) is 3.27. The van der Waals surface area contributed by atoms with Gasteiger partial charge in [0.25, 0.3) is 0 Å². The summed E-state index contributed by atoms with van der Waals surface area (Å²) in [6, 6.07) is 0. The van der Waals surface area contributed by atoms with Crippen molar-refractivity contribution in [3.8, 4) is 0 Å². The van der Waals surface area contributed by atoms with Crippen molar-refractivity contribution in [2.75, 3.05) is 13.2 Å². The van der Waals surface area contributed by atoms with Crippen molar-refractivity contribution >= 4 is 17.9 Å². The maximum Gasteiger partial charge on any atom is 0.306 e. The third-order valence-electron chi connectivity index (χ3n) is 12.5. The van der Waals surface area contributed by atoms with Gasteiger partial charge in [0.2, 0.25) is 0 Å². The Bertz CT molecular complexity index is 962. The third kappa shape index (κ3) is 49.2. The van der Waals surface area contributed by atoms with E-state index in [1.54, 1.807) is 0 Å². The minimum atomic E-state index is -0.758. The van der Waals surface area contributed by atoms with Gasteiger partial charge in [0.15, 0.2) is 6.10 Å². The molecule has 0 aliphatic carbocycles. The van der Waals surface area contributed by atoms with E-state index in [4.69, 9.17) is 14.2 Å². The summed E-state index contributed by atoms with van der Waals surface area (Å²) in [5, 5.41) is 0. The standard InChI is InChI=1S/C56H106O6/c1-4-7-10-13-16-17-18-19-20-21-22-23-24-25-26-27-28-29-30-31-32-33-34-35-36-37-38-39-41-43-46-49-55(58)61-52-53(51-60-54(57)48-45-42-15-12-9-6-3)62-56(59)50-47-44-40-14-11-8-5-2/h21-22,53H,4-20,23-52H2,1-3H3/b22-21-. The van der Waals surface area contributed by atoms with Crippen LogP contribution in [0.3, 0.4) is 0 Å². The summed E-state index contributed by atoms with van der Waals surface area (Å²) in [4.78, 5) is 37.5. The minimum absolute atomic E-state index is 0.0655. The third-order valence-corrected chi connectivity index (χ3v) is 12.5. The highest BCUT2D eigenvalue weighted by molar-refractivity contribution is 5.71. The van der Waals surface area contributed by atoms with E-state index in [-0.39, 0.29) is 31.1 Å². The Morgan fingerprint density at radius 1 is 0.306 bits per heavy atom. The fraction of sp³-hybridized carbons (Fsp3) is 0.911. The summed E-state index contributed by atoms with van der Waals surface area (Å²) in [7, 11) is 0. The zero-order chi connectivity index (χ0) is 45.1. The predicted octanol–water partition coefficient (Wildman–Crippen LogP) is 18.2. The highest BCUT2D eigenvalue weighted by atomic mass is 16.6. The molecule has 62 heavy (non-hydrogen) atoms. The van der Waals surface area contributed by atoms with Gasteiger partial charge in [0.05, 0.1) is 0 Å². The molecular formula is C56H106O6. The molecule has 0 spiro atoms. The van der Waals surface area contributed by atoms with Crippen LogP contribution < -0.4 is 0 Å². The lowest BCUT2D eigenvalue weighted by Gasteiger charge is -2.18. The van der Waals surface area contributed by atoms with Crippen LogP contribution in [0.5, 0.6) is 0 Å². The van der Waals surface area contributed by atoms with Crippen molar-refractivity contribution in [2.24, 2.45) is 0 Å². The molecule has 0 radical (unpaired) electrons. The van der Waals surface area contributed by atoms with Crippen LogP contribution in [-0.4, -0.2) is 37.2 Å². The first-order valence-electron chi connectivity index (χ1n) is 27.7. The molecule has 0 amide bonds. The van der Waals surface area contributed by atoms with Gasteiger partial charge in [0.1, 0.15) is 13.2 Å². The molecule has 0 N–H and O–H groups in total. The summed E-state index contributed by atoms with van der Waals surface area (Å²) in [6.45, 7) is 6.56. The lowest BCUT2D eigenvalue weighted by Crippen LogP contribution is -2.30. The highest BCUT2D eigenvalue weighted by Crippen LogP contribution is 2.17. The van der Waals surface area contributed by atoms with Gasteiger partial charge in [0, 0.05) is 19.3 Å². The maximum absolute atomic E-state index is 12.6. The second-order valence-corrected chi connectivity index (χ2v) is 18.9. The first-order valence-corrected chi connectivity index (χ1v) is 27.7. The van der Waals surface area contributed by atoms with Gasteiger partial charge in [-0.15, -0.1) is 0 Å². The molecule has 0 aromatic heterocycles. The van der Waals surface area contributed by atoms with Gasteiger partial charge in [-0.3, -0.25) is 14.4 Å². The van der Waals surface area contributed by atoms with E-state index in [9.17, 15) is 14.4 Å². The molecule has 0 fully saturated rings. The normalized spacial score (nSPS) is 12.0. The van der Waals surface area contributed by atoms with Crippen LogP contribution in [0.4, 0.5) is 0 Å². The van der Waals surface area contributed by atoms with E-state index in [0.29, 0.717) is 19.3 Å². The number of ether oxygens (including phenoxy) is 3. The van der Waals surface area contributed by atoms with E-state index in [1.165, 1.54) is 212 Å². The molecule has 0 aliphatic heterocycles. The number of carbonyl (C=O) groups excluding carboxylic acids is 3. The lowest BCUT2D eigenvalue weighted by atomic mass is 10.0. The first kappa shape index (κ1) is 60.2.